The summed E-state index contributed by atoms with van der Waals surface area (Å²) in [6, 6.07) is 5.87. The summed E-state index contributed by atoms with van der Waals surface area (Å²) >= 11 is 2.01. The third-order valence-corrected chi connectivity index (χ3v) is 3.97. The van der Waals surface area contributed by atoms with Crippen molar-refractivity contribution in [1.82, 2.24) is 4.98 Å². The normalized spacial score (nSPS) is 19.4. The molecule has 84 valence electrons. The number of aromatic nitrogens is 1. The van der Waals surface area contributed by atoms with E-state index in [4.69, 9.17) is 5.26 Å². The van der Waals surface area contributed by atoms with Gasteiger partial charge in [-0.3, -0.25) is 0 Å². The van der Waals surface area contributed by atoms with Gasteiger partial charge >= 0.3 is 0 Å². The first kappa shape index (κ1) is 11.3. The average Bonchev–Trinajstić information content (AvgIpc) is 2.79. The molecule has 1 aliphatic rings. The molecule has 1 aromatic rings. The maximum atomic E-state index is 8.97. The highest BCUT2D eigenvalue weighted by Gasteiger charge is 2.15. The minimum Gasteiger partial charge on any atom is -0.369 e. The summed E-state index contributed by atoms with van der Waals surface area (Å²) in [5.41, 5.74) is 1.58. The molecule has 2 rings (SSSR count). The molecule has 0 bridgehead atoms. The lowest BCUT2D eigenvalue weighted by Gasteiger charge is -2.11. The zero-order valence-electron chi connectivity index (χ0n) is 9.36. The molecule has 1 atom stereocenters. The molecule has 0 amide bonds. The number of nitriles is 1. The van der Waals surface area contributed by atoms with Gasteiger partial charge in [-0.25, -0.2) is 4.98 Å². The van der Waals surface area contributed by atoms with Gasteiger partial charge in [0.15, 0.2) is 0 Å². The van der Waals surface area contributed by atoms with Crippen molar-refractivity contribution in [2.45, 2.75) is 13.3 Å². The number of anilines is 1. The van der Waals surface area contributed by atoms with Gasteiger partial charge in [-0.15, -0.1) is 0 Å². The predicted octanol–water partition coefficient (Wildman–Crippen LogP) is 2.43. The smallest absolute Gasteiger partial charge is 0.144 e. The van der Waals surface area contributed by atoms with Gasteiger partial charge in [-0.2, -0.15) is 17.0 Å². The maximum absolute atomic E-state index is 8.97. The summed E-state index contributed by atoms with van der Waals surface area (Å²) in [5.74, 6) is 3.94. The van der Waals surface area contributed by atoms with Crippen LogP contribution in [0.25, 0.3) is 0 Å². The monoisotopic (exact) mass is 233 g/mol. The molecule has 1 unspecified atom stereocenters. The molecule has 1 aromatic heterocycles. The van der Waals surface area contributed by atoms with Crippen molar-refractivity contribution in [3.63, 3.8) is 0 Å². The third-order valence-electron chi connectivity index (χ3n) is 2.74. The molecule has 1 aliphatic heterocycles. The Kier molecular flexibility index (Phi) is 3.68. The number of hydrogen-bond donors (Lipinski definition) is 1. The van der Waals surface area contributed by atoms with Crippen molar-refractivity contribution < 1.29 is 0 Å². The number of pyridine rings is 1. The Labute approximate surface area is 100 Å². The summed E-state index contributed by atoms with van der Waals surface area (Å²) in [5, 5.41) is 12.3. The summed E-state index contributed by atoms with van der Waals surface area (Å²) in [6.07, 6.45) is 1.27. The lowest BCUT2D eigenvalue weighted by Crippen LogP contribution is -2.15. The first-order valence-corrected chi connectivity index (χ1v) is 6.64. The van der Waals surface area contributed by atoms with Gasteiger partial charge in [0, 0.05) is 12.2 Å². The molecule has 0 radical (unpaired) electrons. The van der Waals surface area contributed by atoms with E-state index in [0.29, 0.717) is 5.56 Å². The third kappa shape index (κ3) is 2.67. The van der Waals surface area contributed by atoms with E-state index in [1.807, 2.05) is 30.8 Å². The Hall–Kier alpha value is -1.21. The molecule has 1 saturated heterocycles. The highest BCUT2D eigenvalue weighted by atomic mass is 32.2. The summed E-state index contributed by atoms with van der Waals surface area (Å²) < 4.78 is 0. The van der Waals surface area contributed by atoms with E-state index in [0.717, 1.165) is 24.0 Å². The number of nitrogens with one attached hydrogen (secondary N) is 1. The predicted molar refractivity (Wildman–Crippen MR) is 67.6 cm³/mol. The van der Waals surface area contributed by atoms with E-state index in [9.17, 15) is 0 Å². The van der Waals surface area contributed by atoms with E-state index >= 15 is 0 Å². The van der Waals surface area contributed by atoms with Gasteiger partial charge < -0.3 is 5.32 Å². The number of hydrogen-bond acceptors (Lipinski definition) is 4. The van der Waals surface area contributed by atoms with E-state index in [1.165, 1.54) is 17.9 Å². The van der Waals surface area contributed by atoms with Crippen LogP contribution in [0, 0.1) is 24.2 Å². The Bertz CT molecular complexity index is 405. The quantitative estimate of drug-likeness (QED) is 0.871. The maximum Gasteiger partial charge on any atom is 0.144 e. The minimum absolute atomic E-state index is 0.635. The summed E-state index contributed by atoms with van der Waals surface area (Å²) in [7, 11) is 0. The lowest BCUT2D eigenvalue weighted by molar-refractivity contribution is 0.630. The van der Waals surface area contributed by atoms with Crippen molar-refractivity contribution in [2.75, 3.05) is 23.4 Å². The van der Waals surface area contributed by atoms with E-state index in [2.05, 4.69) is 16.4 Å². The molecular weight excluding hydrogens is 218 g/mol. The van der Waals surface area contributed by atoms with Crippen LogP contribution in [0.15, 0.2) is 12.1 Å². The summed E-state index contributed by atoms with van der Waals surface area (Å²) in [4.78, 5) is 4.36. The highest BCUT2D eigenvalue weighted by Crippen LogP contribution is 2.24. The number of aryl methyl sites for hydroxylation is 1. The molecule has 1 fully saturated rings. The molecular formula is C12H15N3S. The Balaban J connectivity index is 2.02. The largest absolute Gasteiger partial charge is 0.369 e. The summed E-state index contributed by atoms with van der Waals surface area (Å²) in [6.45, 7) is 2.87. The fraction of sp³-hybridized carbons (Fsp3) is 0.500. The zero-order chi connectivity index (χ0) is 11.4. The van der Waals surface area contributed by atoms with Crippen molar-refractivity contribution in [2.24, 2.45) is 5.92 Å². The van der Waals surface area contributed by atoms with Gasteiger partial charge in [0.1, 0.15) is 11.9 Å². The fourth-order valence-electron chi connectivity index (χ4n) is 1.77. The van der Waals surface area contributed by atoms with E-state index in [-0.39, 0.29) is 0 Å². The lowest BCUT2D eigenvalue weighted by atomic mass is 10.1. The van der Waals surface area contributed by atoms with Crippen LogP contribution in [0.1, 0.15) is 17.7 Å². The fourth-order valence-corrected chi connectivity index (χ4v) is 3.05. The van der Waals surface area contributed by atoms with Gasteiger partial charge in [0.05, 0.1) is 5.56 Å². The standard InChI is InChI=1S/C12H15N3S/c1-9-2-3-11(6-13)12(15-9)14-7-10-4-5-16-8-10/h2-3,10H,4-5,7-8H2,1H3,(H,14,15). The minimum atomic E-state index is 0.635. The second-order valence-electron chi connectivity index (χ2n) is 4.07. The van der Waals surface area contributed by atoms with Crippen molar-refractivity contribution >= 4 is 17.6 Å². The van der Waals surface area contributed by atoms with Crippen molar-refractivity contribution in [3.05, 3.63) is 23.4 Å². The van der Waals surface area contributed by atoms with Gasteiger partial charge in [-0.05, 0) is 42.9 Å². The SMILES string of the molecule is Cc1ccc(C#N)c(NCC2CCSC2)n1. The van der Waals surface area contributed by atoms with Crippen LogP contribution in [-0.4, -0.2) is 23.0 Å². The molecule has 3 nitrogen and oxygen atoms in total. The molecule has 1 N–H and O–H groups in total. The van der Waals surface area contributed by atoms with Crippen LogP contribution in [0.2, 0.25) is 0 Å². The van der Waals surface area contributed by atoms with Crippen LogP contribution < -0.4 is 5.32 Å². The van der Waals surface area contributed by atoms with E-state index < -0.39 is 0 Å². The van der Waals surface area contributed by atoms with E-state index in [1.54, 1.807) is 0 Å². The van der Waals surface area contributed by atoms with Gasteiger partial charge in [0.2, 0.25) is 0 Å². The van der Waals surface area contributed by atoms with Crippen molar-refractivity contribution in [3.8, 4) is 6.07 Å². The first-order valence-electron chi connectivity index (χ1n) is 5.49. The Morgan fingerprint density at radius 2 is 2.50 bits per heavy atom. The van der Waals surface area contributed by atoms with Crippen LogP contribution in [0.5, 0.6) is 0 Å². The second kappa shape index (κ2) is 5.22. The first-order chi connectivity index (χ1) is 7.79. The molecule has 0 spiro atoms. The van der Waals surface area contributed by atoms with Crippen LogP contribution >= 0.6 is 11.8 Å². The molecule has 16 heavy (non-hydrogen) atoms. The molecule has 2 heterocycles. The van der Waals surface area contributed by atoms with Crippen molar-refractivity contribution in [1.29, 1.82) is 5.26 Å². The highest BCUT2D eigenvalue weighted by molar-refractivity contribution is 7.99. The molecule has 0 aromatic carbocycles. The van der Waals surface area contributed by atoms with Crippen LogP contribution in [0.4, 0.5) is 5.82 Å². The van der Waals surface area contributed by atoms with Gasteiger partial charge in [-0.1, -0.05) is 0 Å². The number of rotatable bonds is 3. The molecule has 0 saturated carbocycles. The number of thioether (sulfide) groups is 1. The van der Waals surface area contributed by atoms with Crippen LogP contribution in [0.3, 0.4) is 0 Å². The van der Waals surface area contributed by atoms with Gasteiger partial charge in [0.25, 0.3) is 0 Å². The Morgan fingerprint density at radius 1 is 1.62 bits per heavy atom. The average molecular weight is 233 g/mol. The van der Waals surface area contributed by atoms with Crippen LogP contribution in [-0.2, 0) is 0 Å². The Morgan fingerprint density at radius 3 is 3.19 bits per heavy atom. The second-order valence-corrected chi connectivity index (χ2v) is 5.22. The molecule has 0 aliphatic carbocycles. The molecule has 4 heteroatoms. The number of nitrogens with zero attached hydrogens (tertiary/aromatic N) is 2. The topological polar surface area (TPSA) is 48.7 Å². The zero-order valence-corrected chi connectivity index (χ0v) is 10.2.